The van der Waals surface area contributed by atoms with Crippen molar-refractivity contribution in [3.8, 4) is 0 Å². The highest BCUT2D eigenvalue weighted by Crippen LogP contribution is 2.27. The molecule has 1 amide bonds. The van der Waals surface area contributed by atoms with Crippen molar-refractivity contribution in [2.75, 3.05) is 6.54 Å². The van der Waals surface area contributed by atoms with E-state index in [0.29, 0.717) is 0 Å². The Balaban J connectivity index is 1.38. The zero-order valence-corrected chi connectivity index (χ0v) is 19.1. The van der Waals surface area contributed by atoms with Gasteiger partial charge in [-0.25, -0.2) is 17.5 Å². The Morgan fingerprint density at radius 3 is 2.50 bits per heavy atom. The summed E-state index contributed by atoms with van der Waals surface area (Å²) in [5.74, 6) is -0.637. The zero-order valence-electron chi connectivity index (χ0n) is 17.5. The SMILES string of the molecule is O=C(CCNS(=O)(=O)c1ccc2c(c1)CCCC2)NC(c1ccc(F)cc1)c1cccs1. The van der Waals surface area contributed by atoms with Crippen LogP contribution in [0.5, 0.6) is 0 Å². The molecule has 5 nitrogen and oxygen atoms in total. The average Bonchev–Trinajstić information content (AvgIpc) is 3.32. The second kappa shape index (κ2) is 9.94. The molecule has 1 aromatic heterocycles. The first kappa shape index (κ1) is 22.6. The third kappa shape index (κ3) is 5.43. The molecule has 0 bridgehead atoms. The van der Waals surface area contributed by atoms with Crippen LogP contribution in [0.2, 0.25) is 0 Å². The molecule has 3 aromatic rings. The third-order valence-corrected chi connectivity index (χ3v) is 8.01. The summed E-state index contributed by atoms with van der Waals surface area (Å²) >= 11 is 1.49. The van der Waals surface area contributed by atoms with E-state index < -0.39 is 16.1 Å². The number of fused-ring (bicyclic) bond motifs is 1. The smallest absolute Gasteiger partial charge is 0.240 e. The van der Waals surface area contributed by atoms with E-state index >= 15 is 0 Å². The van der Waals surface area contributed by atoms with Crippen LogP contribution < -0.4 is 10.0 Å². The monoisotopic (exact) mass is 472 g/mol. The lowest BCUT2D eigenvalue weighted by atomic mass is 9.92. The number of rotatable bonds is 8. The standard InChI is InChI=1S/C24H25FN2O3S2/c25-20-10-7-18(8-11-20)24(22-6-3-15-31-22)27-23(28)13-14-26-32(29,30)21-12-9-17-4-1-2-5-19(17)16-21/h3,6-12,15-16,24,26H,1-2,4-5,13-14H2,(H,27,28). The van der Waals surface area contributed by atoms with E-state index in [0.717, 1.165) is 41.7 Å². The molecule has 1 aliphatic carbocycles. The Morgan fingerprint density at radius 1 is 1.03 bits per heavy atom. The maximum atomic E-state index is 13.3. The Morgan fingerprint density at radius 2 is 1.78 bits per heavy atom. The van der Waals surface area contributed by atoms with Crippen LogP contribution in [0.3, 0.4) is 0 Å². The highest BCUT2D eigenvalue weighted by Gasteiger charge is 2.20. The first-order valence-electron chi connectivity index (χ1n) is 10.6. The molecule has 1 unspecified atom stereocenters. The van der Waals surface area contributed by atoms with Crippen LogP contribution >= 0.6 is 11.3 Å². The maximum Gasteiger partial charge on any atom is 0.240 e. The van der Waals surface area contributed by atoms with Gasteiger partial charge in [0.1, 0.15) is 5.82 Å². The molecular weight excluding hydrogens is 447 g/mol. The summed E-state index contributed by atoms with van der Waals surface area (Å²) in [6, 6.07) is 14.6. The van der Waals surface area contributed by atoms with Crippen molar-refractivity contribution in [3.63, 3.8) is 0 Å². The molecule has 1 heterocycles. The molecule has 8 heteroatoms. The summed E-state index contributed by atoms with van der Waals surface area (Å²) in [6.45, 7) is -0.00811. The largest absolute Gasteiger partial charge is 0.344 e. The Hall–Kier alpha value is -2.55. The average molecular weight is 473 g/mol. The van der Waals surface area contributed by atoms with E-state index in [9.17, 15) is 17.6 Å². The molecule has 0 saturated carbocycles. The molecule has 0 radical (unpaired) electrons. The van der Waals surface area contributed by atoms with Gasteiger partial charge in [-0.3, -0.25) is 4.79 Å². The van der Waals surface area contributed by atoms with Gasteiger partial charge in [-0.1, -0.05) is 24.3 Å². The Kier molecular flexibility index (Phi) is 7.03. The number of amides is 1. The van der Waals surface area contributed by atoms with Crippen molar-refractivity contribution in [2.24, 2.45) is 0 Å². The van der Waals surface area contributed by atoms with Crippen molar-refractivity contribution in [1.82, 2.24) is 10.0 Å². The van der Waals surface area contributed by atoms with Crippen LogP contribution in [0.15, 0.2) is 64.9 Å². The van der Waals surface area contributed by atoms with Gasteiger partial charge >= 0.3 is 0 Å². The molecule has 0 aliphatic heterocycles. The number of benzene rings is 2. The van der Waals surface area contributed by atoms with E-state index in [2.05, 4.69) is 10.0 Å². The highest BCUT2D eigenvalue weighted by atomic mass is 32.2. The minimum absolute atomic E-state index is 0.00671. The summed E-state index contributed by atoms with van der Waals surface area (Å²) < 4.78 is 41.2. The number of halogens is 1. The van der Waals surface area contributed by atoms with Crippen LogP contribution in [0.25, 0.3) is 0 Å². The minimum atomic E-state index is -3.69. The summed E-state index contributed by atoms with van der Waals surface area (Å²) in [6.07, 6.45) is 4.09. The van der Waals surface area contributed by atoms with E-state index in [-0.39, 0.29) is 29.6 Å². The van der Waals surface area contributed by atoms with Crippen LogP contribution in [0.1, 0.15) is 46.9 Å². The van der Waals surface area contributed by atoms with Gasteiger partial charge in [0, 0.05) is 17.8 Å². The van der Waals surface area contributed by atoms with Crippen LogP contribution in [-0.2, 0) is 27.7 Å². The van der Waals surface area contributed by atoms with Crippen molar-refractivity contribution in [3.05, 3.63) is 87.4 Å². The van der Waals surface area contributed by atoms with Crippen LogP contribution in [0.4, 0.5) is 4.39 Å². The number of hydrogen-bond donors (Lipinski definition) is 2. The molecule has 32 heavy (non-hydrogen) atoms. The van der Waals surface area contributed by atoms with E-state index in [1.807, 2.05) is 23.6 Å². The molecule has 1 aliphatic rings. The molecule has 0 spiro atoms. The van der Waals surface area contributed by atoms with Gasteiger partial charge in [0.15, 0.2) is 0 Å². The predicted molar refractivity (Wildman–Crippen MR) is 124 cm³/mol. The number of aryl methyl sites for hydroxylation is 2. The van der Waals surface area contributed by atoms with Gasteiger partial charge in [-0.15, -0.1) is 11.3 Å². The van der Waals surface area contributed by atoms with E-state index in [4.69, 9.17) is 0 Å². The zero-order chi connectivity index (χ0) is 22.6. The van der Waals surface area contributed by atoms with Gasteiger partial charge in [0.25, 0.3) is 0 Å². The van der Waals surface area contributed by atoms with Crippen molar-refractivity contribution in [2.45, 2.75) is 43.0 Å². The number of nitrogens with one attached hydrogen (secondary N) is 2. The summed E-state index contributed by atoms with van der Waals surface area (Å²) in [7, 11) is -3.69. The van der Waals surface area contributed by atoms with Crippen molar-refractivity contribution in [1.29, 1.82) is 0 Å². The van der Waals surface area contributed by atoms with Crippen molar-refractivity contribution < 1.29 is 17.6 Å². The molecule has 2 aromatic carbocycles. The topological polar surface area (TPSA) is 75.3 Å². The van der Waals surface area contributed by atoms with Crippen LogP contribution in [0, 0.1) is 5.82 Å². The Labute approximate surface area is 191 Å². The molecule has 2 N–H and O–H groups in total. The summed E-state index contributed by atoms with van der Waals surface area (Å²) in [5, 5.41) is 4.84. The quantitative estimate of drug-likeness (QED) is 0.512. The summed E-state index contributed by atoms with van der Waals surface area (Å²) in [5.41, 5.74) is 3.07. The normalized spacial score (nSPS) is 14.5. The molecule has 0 fully saturated rings. The second-order valence-corrected chi connectivity index (χ2v) is 10.6. The molecular formula is C24H25FN2O3S2. The maximum absolute atomic E-state index is 13.3. The number of carbonyl (C=O) groups is 1. The first-order chi connectivity index (χ1) is 15.4. The molecule has 168 valence electrons. The van der Waals surface area contributed by atoms with Gasteiger partial charge in [0.05, 0.1) is 10.9 Å². The minimum Gasteiger partial charge on any atom is -0.344 e. The second-order valence-electron chi connectivity index (χ2n) is 7.85. The fourth-order valence-corrected chi connectivity index (χ4v) is 5.81. The van der Waals surface area contributed by atoms with Gasteiger partial charge in [-0.2, -0.15) is 0 Å². The third-order valence-electron chi connectivity index (χ3n) is 5.61. The van der Waals surface area contributed by atoms with Crippen molar-refractivity contribution >= 4 is 27.3 Å². The number of sulfonamides is 1. The lowest BCUT2D eigenvalue weighted by molar-refractivity contribution is -0.121. The lowest BCUT2D eigenvalue weighted by Crippen LogP contribution is -2.33. The predicted octanol–water partition coefficient (Wildman–Crippen LogP) is 4.34. The fraction of sp³-hybridized carbons (Fsp3) is 0.292. The molecule has 0 saturated heterocycles. The molecule has 1 atom stereocenters. The van der Waals surface area contributed by atoms with Crippen LogP contribution in [-0.4, -0.2) is 20.9 Å². The summed E-state index contributed by atoms with van der Waals surface area (Å²) in [4.78, 5) is 13.7. The van der Waals surface area contributed by atoms with E-state index in [1.165, 1.54) is 29.0 Å². The number of thiophene rings is 1. The Bertz CT molecular complexity index is 1180. The molecule has 4 rings (SSSR count). The lowest BCUT2D eigenvalue weighted by Gasteiger charge is -2.18. The number of carbonyl (C=O) groups excluding carboxylic acids is 1. The van der Waals surface area contributed by atoms with Gasteiger partial charge in [0.2, 0.25) is 15.9 Å². The van der Waals surface area contributed by atoms with E-state index in [1.54, 1.807) is 24.3 Å². The fourth-order valence-electron chi connectivity index (χ4n) is 3.92. The first-order valence-corrected chi connectivity index (χ1v) is 13.0. The number of hydrogen-bond acceptors (Lipinski definition) is 4. The highest BCUT2D eigenvalue weighted by molar-refractivity contribution is 7.89. The van der Waals surface area contributed by atoms with Gasteiger partial charge < -0.3 is 5.32 Å². The van der Waals surface area contributed by atoms with Gasteiger partial charge in [-0.05, 0) is 78.1 Å².